The number of amidine groups is 1. The molecular formula is C13H19FN2O. The fraction of sp³-hybridized carbons (Fsp3) is 0.462. The molecule has 0 aromatic heterocycles. The van der Waals surface area contributed by atoms with Crippen molar-refractivity contribution in [1.29, 1.82) is 0 Å². The van der Waals surface area contributed by atoms with Gasteiger partial charge in [-0.05, 0) is 24.6 Å². The van der Waals surface area contributed by atoms with Gasteiger partial charge in [0.25, 0.3) is 0 Å². The fourth-order valence-electron chi connectivity index (χ4n) is 1.41. The first-order valence-corrected chi connectivity index (χ1v) is 5.78. The summed E-state index contributed by atoms with van der Waals surface area (Å²) in [5.74, 6) is 1.32. The van der Waals surface area contributed by atoms with Crippen molar-refractivity contribution in [1.82, 2.24) is 0 Å². The maximum absolute atomic E-state index is 11.9. The van der Waals surface area contributed by atoms with E-state index in [-0.39, 0.29) is 12.6 Å². The second-order valence-electron chi connectivity index (χ2n) is 3.76. The molecule has 17 heavy (non-hydrogen) atoms. The number of alkyl halides is 1. The van der Waals surface area contributed by atoms with Gasteiger partial charge in [0.2, 0.25) is 0 Å². The van der Waals surface area contributed by atoms with Crippen LogP contribution in [0.3, 0.4) is 0 Å². The van der Waals surface area contributed by atoms with Crippen molar-refractivity contribution in [3.05, 3.63) is 29.8 Å². The first-order valence-electron chi connectivity index (χ1n) is 5.78. The largest absolute Gasteiger partial charge is 0.491 e. The smallest absolute Gasteiger partial charge is 0.123 e. The van der Waals surface area contributed by atoms with Crippen molar-refractivity contribution in [2.24, 2.45) is 10.7 Å². The molecule has 0 saturated heterocycles. The summed E-state index contributed by atoms with van der Waals surface area (Å²) in [5, 5.41) is 0. The van der Waals surface area contributed by atoms with Crippen molar-refractivity contribution in [3.63, 3.8) is 0 Å². The number of aliphatic imine (C=N–C) groups is 1. The van der Waals surface area contributed by atoms with Crippen molar-refractivity contribution >= 4 is 5.84 Å². The normalized spacial score (nSPS) is 13.5. The summed E-state index contributed by atoms with van der Waals surface area (Å²) >= 11 is 0. The van der Waals surface area contributed by atoms with Crippen LogP contribution >= 0.6 is 0 Å². The highest BCUT2D eigenvalue weighted by atomic mass is 19.1. The molecule has 0 aliphatic carbocycles. The highest BCUT2D eigenvalue weighted by Crippen LogP contribution is 2.20. The maximum Gasteiger partial charge on any atom is 0.123 e. The molecule has 1 atom stereocenters. The van der Waals surface area contributed by atoms with Crippen LogP contribution in [0.5, 0.6) is 5.75 Å². The van der Waals surface area contributed by atoms with E-state index in [4.69, 9.17) is 10.5 Å². The van der Waals surface area contributed by atoms with E-state index in [2.05, 4.69) is 4.99 Å². The number of hydrogen-bond donors (Lipinski definition) is 1. The summed E-state index contributed by atoms with van der Waals surface area (Å²) in [6, 6.07) is 7.51. The lowest BCUT2D eigenvalue weighted by Crippen LogP contribution is -2.11. The number of benzene rings is 1. The third kappa shape index (κ3) is 4.43. The Balaban J connectivity index is 2.66. The molecule has 1 aromatic carbocycles. The van der Waals surface area contributed by atoms with Crippen molar-refractivity contribution in [2.45, 2.75) is 26.3 Å². The number of nitrogens with zero attached hydrogens (tertiary/aromatic N) is 1. The zero-order chi connectivity index (χ0) is 12.7. The first-order chi connectivity index (χ1) is 8.17. The Kier molecular flexibility index (Phi) is 5.46. The van der Waals surface area contributed by atoms with E-state index in [1.165, 1.54) is 0 Å². The predicted molar refractivity (Wildman–Crippen MR) is 68.2 cm³/mol. The third-order valence-corrected chi connectivity index (χ3v) is 2.43. The van der Waals surface area contributed by atoms with Gasteiger partial charge < -0.3 is 10.5 Å². The Hall–Kier alpha value is -1.58. The van der Waals surface area contributed by atoms with Gasteiger partial charge in [-0.2, -0.15) is 0 Å². The van der Waals surface area contributed by atoms with E-state index in [0.29, 0.717) is 11.6 Å². The van der Waals surface area contributed by atoms with Gasteiger partial charge in [-0.3, -0.25) is 4.99 Å². The molecule has 0 saturated carbocycles. The molecule has 0 aliphatic heterocycles. The molecule has 0 bridgehead atoms. The highest BCUT2D eigenvalue weighted by molar-refractivity contribution is 5.80. The highest BCUT2D eigenvalue weighted by Gasteiger charge is 2.04. The number of rotatable bonds is 6. The van der Waals surface area contributed by atoms with Gasteiger partial charge in [0, 0.05) is 6.42 Å². The minimum absolute atomic E-state index is 0.0326. The summed E-state index contributed by atoms with van der Waals surface area (Å²) in [4.78, 5) is 4.35. The summed E-state index contributed by atoms with van der Waals surface area (Å²) in [6.07, 6.45) is 0.752. The van der Waals surface area contributed by atoms with Gasteiger partial charge in [0.1, 0.15) is 19.0 Å². The van der Waals surface area contributed by atoms with Crippen LogP contribution in [-0.4, -0.2) is 19.1 Å². The summed E-state index contributed by atoms with van der Waals surface area (Å²) in [5.41, 5.74) is 6.75. The number of ether oxygens (including phenoxy) is 1. The van der Waals surface area contributed by atoms with Crippen LogP contribution < -0.4 is 10.5 Å². The van der Waals surface area contributed by atoms with Crippen LogP contribution in [0.2, 0.25) is 0 Å². The van der Waals surface area contributed by atoms with Gasteiger partial charge in [0.05, 0.1) is 11.9 Å². The van der Waals surface area contributed by atoms with Crippen molar-refractivity contribution < 1.29 is 9.13 Å². The molecule has 1 aromatic rings. The molecule has 94 valence electrons. The van der Waals surface area contributed by atoms with E-state index >= 15 is 0 Å². The Morgan fingerprint density at radius 3 is 2.59 bits per heavy atom. The number of halogens is 1. The average molecular weight is 238 g/mol. The van der Waals surface area contributed by atoms with Crippen LogP contribution in [0.4, 0.5) is 4.39 Å². The van der Waals surface area contributed by atoms with Crippen LogP contribution in [0.25, 0.3) is 0 Å². The lowest BCUT2D eigenvalue weighted by Gasteiger charge is -2.09. The molecule has 0 heterocycles. The molecule has 0 radical (unpaired) electrons. The molecule has 1 unspecified atom stereocenters. The van der Waals surface area contributed by atoms with Gasteiger partial charge in [-0.25, -0.2) is 4.39 Å². The Morgan fingerprint density at radius 2 is 2.06 bits per heavy atom. The topological polar surface area (TPSA) is 47.6 Å². The number of nitrogens with two attached hydrogens (primary N) is 1. The Bertz CT molecular complexity index is 362. The summed E-state index contributed by atoms with van der Waals surface area (Å²) in [7, 11) is 0. The Labute approximate surface area is 102 Å². The second kappa shape index (κ2) is 6.89. The molecule has 0 spiro atoms. The van der Waals surface area contributed by atoms with Gasteiger partial charge in [-0.15, -0.1) is 0 Å². The SMILES string of the molecule is CCC(N)=NC(C)c1ccc(OCCF)cc1. The van der Waals surface area contributed by atoms with Gasteiger partial charge in [-0.1, -0.05) is 19.1 Å². The van der Waals surface area contributed by atoms with Crippen molar-refractivity contribution in [3.8, 4) is 5.75 Å². The first kappa shape index (κ1) is 13.5. The molecule has 4 heteroatoms. The van der Waals surface area contributed by atoms with E-state index in [0.717, 1.165) is 12.0 Å². The van der Waals surface area contributed by atoms with E-state index < -0.39 is 6.67 Å². The molecule has 0 fully saturated rings. The lowest BCUT2D eigenvalue weighted by atomic mass is 10.1. The maximum atomic E-state index is 11.9. The van der Waals surface area contributed by atoms with Crippen LogP contribution in [0.1, 0.15) is 31.9 Å². The minimum atomic E-state index is -0.477. The van der Waals surface area contributed by atoms with Crippen LogP contribution in [-0.2, 0) is 0 Å². The zero-order valence-corrected chi connectivity index (χ0v) is 10.3. The lowest BCUT2D eigenvalue weighted by molar-refractivity contribution is 0.273. The zero-order valence-electron chi connectivity index (χ0n) is 10.3. The Morgan fingerprint density at radius 1 is 1.41 bits per heavy atom. The van der Waals surface area contributed by atoms with Crippen molar-refractivity contribution in [2.75, 3.05) is 13.3 Å². The van der Waals surface area contributed by atoms with Crippen LogP contribution in [0, 0.1) is 0 Å². The van der Waals surface area contributed by atoms with Gasteiger partial charge in [0.15, 0.2) is 0 Å². The predicted octanol–water partition coefficient (Wildman–Crippen LogP) is 2.86. The summed E-state index contributed by atoms with van der Waals surface area (Å²) in [6.45, 7) is 3.57. The molecule has 0 aliphatic rings. The fourth-order valence-corrected chi connectivity index (χ4v) is 1.41. The quantitative estimate of drug-likeness (QED) is 0.612. The minimum Gasteiger partial charge on any atom is -0.491 e. The molecule has 1 rings (SSSR count). The molecule has 3 nitrogen and oxygen atoms in total. The van der Waals surface area contributed by atoms with E-state index in [1.807, 2.05) is 38.1 Å². The standard InChI is InChI=1S/C13H19FN2O/c1-3-13(15)16-10(2)11-4-6-12(7-5-11)17-9-8-14/h4-7,10H,3,8-9H2,1-2H3,(H2,15,16). The van der Waals surface area contributed by atoms with Gasteiger partial charge >= 0.3 is 0 Å². The third-order valence-electron chi connectivity index (χ3n) is 2.43. The number of hydrogen-bond acceptors (Lipinski definition) is 2. The van der Waals surface area contributed by atoms with E-state index in [1.54, 1.807) is 0 Å². The molecule has 2 N–H and O–H groups in total. The summed E-state index contributed by atoms with van der Waals surface area (Å²) < 4.78 is 17.1. The monoisotopic (exact) mass is 238 g/mol. The average Bonchev–Trinajstić information content (AvgIpc) is 2.36. The van der Waals surface area contributed by atoms with Crippen LogP contribution in [0.15, 0.2) is 29.3 Å². The molecular weight excluding hydrogens is 219 g/mol. The second-order valence-corrected chi connectivity index (χ2v) is 3.76. The van der Waals surface area contributed by atoms with E-state index in [9.17, 15) is 4.39 Å². The molecule has 0 amide bonds.